The molecule has 1 heterocycles. The number of hydrogen-bond donors (Lipinski definition) is 1. The van der Waals surface area contributed by atoms with Crippen LogP contribution in [0.2, 0.25) is 10.0 Å². The first kappa shape index (κ1) is 27.1. The summed E-state index contributed by atoms with van der Waals surface area (Å²) in [6.07, 6.45) is 1.39. The molecule has 4 rings (SSSR count). The van der Waals surface area contributed by atoms with E-state index in [4.69, 9.17) is 32.7 Å². The molecule has 0 radical (unpaired) electrons. The van der Waals surface area contributed by atoms with Gasteiger partial charge in [-0.05, 0) is 41.0 Å². The summed E-state index contributed by atoms with van der Waals surface area (Å²) < 4.78 is 11.7. The van der Waals surface area contributed by atoms with Crippen molar-refractivity contribution in [1.29, 1.82) is 0 Å². The molecule has 3 aromatic carbocycles. The van der Waals surface area contributed by atoms with Crippen LogP contribution >= 0.6 is 46.7 Å². The number of nitro benzene ring substituents is 1. The standard InChI is InChI=1S/C25H21Cl2N3O5S2/c26-21-11-17(12-22(27)24(21)35-14-16-2-1-3-19(10-16)30(32)33)13-28-29-23(31)15-34-20-6-4-18(5-7-20)25-36-8-9-37-25/h1-7,10-13,25H,8-9,14-15H2,(H,29,31)/b28-13-. The fourth-order valence-electron chi connectivity index (χ4n) is 3.34. The van der Waals surface area contributed by atoms with Gasteiger partial charge < -0.3 is 9.47 Å². The normalized spacial score (nSPS) is 13.6. The van der Waals surface area contributed by atoms with Gasteiger partial charge in [-0.15, -0.1) is 23.5 Å². The van der Waals surface area contributed by atoms with Gasteiger partial charge in [0, 0.05) is 23.6 Å². The number of hydrazone groups is 1. The fraction of sp³-hybridized carbons (Fsp3) is 0.200. The van der Waals surface area contributed by atoms with E-state index in [1.54, 1.807) is 24.3 Å². The minimum atomic E-state index is -0.477. The monoisotopic (exact) mass is 577 g/mol. The van der Waals surface area contributed by atoms with E-state index < -0.39 is 10.8 Å². The largest absolute Gasteiger partial charge is 0.486 e. The summed E-state index contributed by atoms with van der Waals surface area (Å²) >= 11 is 16.5. The second kappa shape index (κ2) is 13.0. The maximum atomic E-state index is 12.1. The van der Waals surface area contributed by atoms with Crippen LogP contribution in [0, 0.1) is 10.1 Å². The Bertz CT molecular complexity index is 1280. The smallest absolute Gasteiger partial charge is 0.277 e. The van der Waals surface area contributed by atoms with Crippen LogP contribution in [0.3, 0.4) is 0 Å². The Morgan fingerprint density at radius 1 is 1.08 bits per heavy atom. The van der Waals surface area contributed by atoms with E-state index in [0.29, 0.717) is 21.5 Å². The van der Waals surface area contributed by atoms with Crippen molar-refractivity contribution in [2.75, 3.05) is 18.1 Å². The lowest BCUT2D eigenvalue weighted by molar-refractivity contribution is -0.384. The van der Waals surface area contributed by atoms with E-state index in [9.17, 15) is 14.9 Å². The molecule has 0 spiro atoms. The highest BCUT2D eigenvalue weighted by Crippen LogP contribution is 2.45. The zero-order chi connectivity index (χ0) is 26.2. The van der Waals surface area contributed by atoms with E-state index >= 15 is 0 Å². The highest BCUT2D eigenvalue weighted by Gasteiger charge is 2.18. The van der Waals surface area contributed by atoms with Gasteiger partial charge >= 0.3 is 0 Å². The zero-order valence-corrected chi connectivity index (χ0v) is 22.4. The number of nitrogens with one attached hydrogen (secondary N) is 1. The Kier molecular flexibility index (Phi) is 9.56. The molecule has 1 amide bonds. The summed E-state index contributed by atoms with van der Waals surface area (Å²) in [6, 6.07) is 17.0. The van der Waals surface area contributed by atoms with Crippen LogP contribution in [0.4, 0.5) is 5.69 Å². The number of benzene rings is 3. The number of hydrogen-bond acceptors (Lipinski definition) is 8. The summed E-state index contributed by atoms with van der Waals surface area (Å²) in [5.41, 5.74) is 4.74. The summed E-state index contributed by atoms with van der Waals surface area (Å²) in [5.74, 6) is 2.74. The molecule has 3 aromatic rings. The number of nitrogens with zero attached hydrogens (tertiary/aromatic N) is 2. The van der Waals surface area contributed by atoms with Crippen LogP contribution in [0.15, 0.2) is 65.8 Å². The van der Waals surface area contributed by atoms with E-state index in [2.05, 4.69) is 10.5 Å². The molecule has 1 saturated heterocycles. The molecule has 37 heavy (non-hydrogen) atoms. The Morgan fingerprint density at radius 3 is 2.46 bits per heavy atom. The van der Waals surface area contributed by atoms with Gasteiger partial charge in [-0.25, -0.2) is 5.43 Å². The molecule has 0 saturated carbocycles. The Morgan fingerprint density at radius 2 is 1.78 bits per heavy atom. The first-order valence-electron chi connectivity index (χ1n) is 11.0. The molecule has 0 bridgehead atoms. The average molecular weight is 578 g/mol. The van der Waals surface area contributed by atoms with Crippen LogP contribution in [-0.4, -0.2) is 35.2 Å². The van der Waals surface area contributed by atoms with Crippen LogP contribution in [0.25, 0.3) is 0 Å². The van der Waals surface area contributed by atoms with Crippen molar-refractivity contribution in [3.63, 3.8) is 0 Å². The number of ether oxygens (including phenoxy) is 2. The van der Waals surface area contributed by atoms with Gasteiger partial charge in [0.25, 0.3) is 11.6 Å². The third-order valence-electron chi connectivity index (χ3n) is 5.07. The SMILES string of the molecule is O=C(COc1ccc(C2SCCS2)cc1)N/N=C\c1cc(Cl)c(OCc2cccc([N+](=O)[O-])c2)c(Cl)c1. The lowest BCUT2D eigenvalue weighted by atomic mass is 10.2. The van der Waals surface area contributed by atoms with Crippen molar-refractivity contribution < 1.29 is 19.2 Å². The van der Waals surface area contributed by atoms with Gasteiger partial charge in [0.1, 0.15) is 12.4 Å². The quantitative estimate of drug-likeness (QED) is 0.167. The highest BCUT2D eigenvalue weighted by molar-refractivity contribution is 8.19. The molecule has 0 aromatic heterocycles. The topological polar surface area (TPSA) is 103 Å². The molecule has 12 heteroatoms. The third kappa shape index (κ3) is 7.78. The second-order valence-corrected chi connectivity index (χ2v) is 11.3. The van der Waals surface area contributed by atoms with Gasteiger partial charge in [-0.3, -0.25) is 14.9 Å². The first-order valence-corrected chi connectivity index (χ1v) is 13.9. The Balaban J connectivity index is 1.26. The minimum Gasteiger partial charge on any atom is -0.486 e. The summed E-state index contributed by atoms with van der Waals surface area (Å²) in [4.78, 5) is 22.5. The van der Waals surface area contributed by atoms with Gasteiger partial charge in [-0.2, -0.15) is 5.10 Å². The van der Waals surface area contributed by atoms with E-state index in [-0.39, 0.29) is 34.7 Å². The van der Waals surface area contributed by atoms with Gasteiger partial charge in [0.2, 0.25) is 0 Å². The maximum absolute atomic E-state index is 12.1. The Labute approximate surface area is 231 Å². The number of non-ortho nitro benzene ring substituents is 1. The Hall–Kier alpha value is -2.92. The molecular weight excluding hydrogens is 557 g/mol. The third-order valence-corrected chi connectivity index (χ3v) is 8.74. The lowest BCUT2D eigenvalue weighted by Gasteiger charge is -2.11. The highest BCUT2D eigenvalue weighted by atomic mass is 35.5. The number of nitro groups is 1. The molecule has 1 N–H and O–H groups in total. The number of thioether (sulfide) groups is 2. The number of carbonyl (C=O) groups is 1. The first-order chi connectivity index (χ1) is 17.9. The molecular formula is C25H21Cl2N3O5S2. The number of rotatable bonds is 10. The van der Waals surface area contributed by atoms with Crippen molar-refractivity contribution in [1.82, 2.24) is 5.43 Å². The minimum absolute atomic E-state index is 0.0344. The van der Waals surface area contributed by atoms with Crippen LogP contribution in [-0.2, 0) is 11.4 Å². The summed E-state index contributed by atoms with van der Waals surface area (Å²) in [5, 5.41) is 15.3. The van der Waals surface area contributed by atoms with E-state index in [0.717, 1.165) is 11.5 Å². The summed E-state index contributed by atoms with van der Waals surface area (Å²) in [7, 11) is 0. The average Bonchev–Trinajstić information content (AvgIpc) is 3.43. The van der Waals surface area contributed by atoms with Crippen LogP contribution in [0.5, 0.6) is 11.5 Å². The molecule has 1 fully saturated rings. The maximum Gasteiger partial charge on any atom is 0.277 e. The second-order valence-electron chi connectivity index (χ2n) is 7.75. The molecule has 1 aliphatic heterocycles. The van der Waals surface area contributed by atoms with Gasteiger partial charge in [-0.1, -0.05) is 47.5 Å². The van der Waals surface area contributed by atoms with Crippen molar-refractivity contribution in [3.8, 4) is 11.5 Å². The van der Waals surface area contributed by atoms with Crippen LogP contribution < -0.4 is 14.9 Å². The molecule has 0 unspecified atom stereocenters. The molecule has 192 valence electrons. The van der Waals surface area contributed by atoms with E-state index in [1.165, 1.54) is 23.9 Å². The fourth-order valence-corrected chi connectivity index (χ4v) is 6.81. The molecule has 0 aliphatic carbocycles. The molecule has 8 nitrogen and oxygen atoms in total. The van der Waals surface area contributed by atoms with Crippen molar-refractivity contribution >= 4 is 64.5 Å². The number of carbonyl (C=O) groups excluding carboxylic acids is 1. The van der Waals surface area contributed by atoms with Crippen LogP contribution in [0.1, 0.15) is 21.3 Å². The lowest BCUT2D eigenvalue weighted by Crippen LogP contribution is -2.24. The zero-order valence-electron chi connectivity index (χ0n) is 19.3. The predicted molar refractivity (Wildman–Crippen MR) is 149 cm³/mol. The molecule has 1 aliphatic rings. The molecule has 0 atom stereocenters. The van der Waals surface area contributed by atoms with Gasteiger partial charge in [0.05, 0.1) is 25.8 Å². The van der Waals surface area contributed by atoms with Gasteiger partial charge in [0.15, 0.2) is 12.4 Å². The van der Waals surface area contributed by atoms with Crippen molar-refractivity contribution in [2.24, 2.45) is 5.10 Å². The number of halogens is 2. The van der Waals surface area contributed by atoms with Crippen molar-refractivity contribution in [3.05, 3.63) is 97.5 Å². The summed E-state index contributed by atoms with van der Waals surface area (Å²) in [6.45, 7) is -0.137. The van der Waals surface area contributed by atoms with E-state index in [1.807, 2.05) is 47.8 Å². The van der Waals surface area contributed by atoms with Crippen molar-refractivity contribution in [2.45, 2.75) is 11.2 Å². The predicted octanol–water partition coefficient (Wildman–Crippen LogP) is 6.49. The number of amides is 1.